The first-order valence-electron chi connectivity index (χ1n) is 6.52. The van der Waals surface area contributed by atoms with Crippen molar-refractivity contribution in [2.75, 3.05) is 29.9 Å². The van der Waals surface area contributed by atoms with Gasteiger partial charge in [-0.05, 0) is 24.6 Å². The third kappa shape index (κ3) is 4.69. The molecule has 1 heterocycles. The summed E-state index contributed by atoms with van der Waals surface area (Å²) in [5.74, 6) is -0.161. The number of carbonyl (C=O) groups is 1. The summed E-state index contributed by atoms with van der Waals surface area (Å²) in [4.78, 5) is 12.1. The van der Waals surface area contributed by atoms with Gasteiger partial charge in [-0.25, -0.2) is 8.42 Å². The van der Waals surface area contributed by atoms with Crippen LogP contribution in [-0.4, -0.2) is 46.4 Å². The second-order valence-electron chi connectivity index (χ2n) is 5.00. The van der Waals surface area contributed by atoms with Gasteiger partial charge in [-0.1, -0.05) is 6.07 Å². The van der Waals surface area contributed by atoms with E-state index in [1.165, 1.54) is 0 Å². The average Bonchev–Trinajstić information content (AvgIpc) is 2.85. The van der Waals surface area contributed by atoms with Crippen LogP contribution >= 0.6 is 0 Å². The van der Waals surface area contributed by atoms with Gasteiger partial charge >= 0.3 is 0 Å². The van der Waals surface area contributed by atoms with Gasteiger partial charge in [0, 0.05) is 19.3 Å². The van der Waals surface area contributed by atoms with E-state index < -0.39 is 10.0 Å². The normalized spacial score (nSPS) is 22.0. The zero-order valence-electron chi connectivity index (χ0n) is 11.9. The number of nitrogens with one attached hydrogen (secondary N) is 3. The maximum absolute atomic E-state index is 12.1. The summed E-state index contributed by atoms with van der Waals surface area (Å²) in [6.07, 6.45) is 1.73. The minimum atomic E-state index is -3.34. The summed E-state index contributed by atoms with van der Waals surface area (Å²) in [7, 11) is -1.72. The third-order valence-electron chi connectivity index (χ3n) is 3.17. The fraction of sp³-hybridized carbons (Fsp3) is 0.462. The minimum absolute atomic E-state index is 0.0407. The molecule has 1 amide bonds. The summed E-state index contributed by atoms with van der Waals surface area (Å²) >= 11 is 0. The molecule has 0 bridgehead atoms. The number of hydrogen-bond donors (Lipinski definition) is 3. The van der Waals surface area contributed by atoms with E-state index in [9.17, 15) is 13.2 Å². The molecule has 116 valence electrons. The van der Waals surface area contributed by atoms with Crippen LogP contribution in [0.15, 0.2) is 24.3 Å². The van der Waals surface area contributed by atoms with Crippen LogP contribution < -0.4 is 15.4 Å². The molecular weight excluding hydrogens is 294 g/mol. The Balaban J connectivity index is 2.00. The van der Waals surface area contributed by atoms with Crippen molar-refractivity contribution in [3.8, 4) is 0 Å². The standard InChI is InChI=1S/C13H19N3O4S/c1-20-11-7-12(14-8-11)13(17)15-9-4-3-5-10(6-9)16-21(2,18)19/h3-6,11-12,14,16H,7-8H2,1-2H3,(H,15,17). The molecule has 0 spiro atoms. The van der Waals surface area contributed by atoms with Crippen molar-refractivity contribution >= 4 is 27.3 Å². The highest BCUT2D eigenvalue weighted by molar-refractivity contribution is 7.92. The van der Waals surface area contributed by atoms with Crippen molar-refractivity contribution in [1.29, 1.82) is 0 Å². The number of carbonyl (C=O) groups excluding carboxylic acids is 1. The van der Waals surface area contributed by atoms with Crippen LogP contribution in [0, 0.1) is 0 Å². The fourth-order valence-electron chi connectivity index (χ4n) is 2.19. The molecule has 7 nitrogen and oxygen atoms in total. The molecule has 1 aliphatic rings. The predicted molar refractivity (Wildman–Crippen MR) is 80.7 cm³/mol. The molecule has 2 unspecified atom stereocenters. The molecule has 2 atom stereocenters. The molecule has 21 heavy (non-hydrogen) atoms. The summed E-state index contributed by atoms with van der Waals surface area (Å²) in [6, 6.07) is 6.26. The van der Waals surface area contributed by atoms with Crippen LogP contribution in [0.5, 0.6) is 0 Å². The Bertz CT molecular complexity index is 618. The number of rotatable bonds is 5. The van der Waals surface area contributed by atoms with Crippen LogP contribution in [0.1, 0.15) is 6.42 Å². The number of methoxy groups -OCH3 is 1. The molecular formula is C13H19N3O4S. The molecule has 0 radical (unpaired) electrons. The molecule has 1 fully saturated rings. The number of benzene rings is 1. The van der Waals surface area contributed by atoms with Crippen LogP contribution in [0.2, 0.25) is 0 Å². The minimum Gasteiger partial charge on any atom is -0.380 e. The van der Waals surface area contributed by atoms with E-state index in [1.54, 1.807) is 31.4 Å². The number of anilines is 2. The topological polar surface area (TPSA) is 96.5 Å². The molecule has 1 aromatic carbocycles. The molecule has 0 aromatic heterocycles. The molecule has 0 saturated carbocycles. The first-order chi connectivity index (χ1) is 9.87. The number of hydrogen-bond acceptors (Lipinski definition) is 5. The van der Waals surface area contributed by atoms with Crippen molar-refractivity contribution in [3.05, 3.63) is 24.3 Å². The molecule has 1 saturated heterocycles. The van der Waals surface area contributed by atoms with E-state index in [1.807, 2.05) is 0 Å². The summed E-state index contributed by atoms with van der Waals surface area (Å²) in [5.41, 5.74) is 0.945. The average molecular weight is 313 g/mol. The highest BCUT2D eigenvalue weighted by Gasteiger charge is 2.29. The zero-order chi connectivity index (χ0) is 15.5. The predicted octanol–water partition coefficient (Wildman–Crippen LogP) is 0.373. The van der Waals surface area contributed by atoms with Gasteiger partial charge in [-0.15, -0.1) is 0 Å². The van der Waals surface area contributed by atoms with E-state index >= 15 is 0 Å². The van der Waals surface area contributed by atoms with E-state index in [4.69, 9.17) is 4.74 Å². The van der Waals surface area contributed by atoms with E-state index in [0.29, 0.717) is 24.3 Å². The number of sulfonamides is 1. The lowest BCUT2D eigenvalue weighted by Crippen LogP contribution is -2.35. The molecule has 1 aliphatic heterocycles. The summed E-state index contributed by atoms with van der Waals surface area (Å²) < 4.78 is 29.9. The van der Waals surface area contributed by atoms with Gasteiger partial charge in [-0.3, -0.25) is 9.52 Å². The van der Waals surface area contributed by atoms with Crippen molar-refractivity contribution in [1.82, 2.24) is 5.32 Å². The largest absolute Gasteiger partial charge is 0.380 e. The van der Waals surface area contributed by atoms with Gasteiger partial charge in [0.15, 0.2) is 0 Å². The lowest BCUT2D eigenvalue weighted by molar-refractivity contribution is -0.118. The molecule has 1 aromatic rings. The van der Waals surface area contributed by atoms with Gasteiger partial charge in [0.25, 0.3) is 0 Å². The number of amides is 1. The van der Waals surface area contributed by atoms with Crippen molar-refractivity contribution < 1.29 is 17.9 Å². The Kier molecular flexibility index (Phi) is 4.81. The zero-order valence-corrected chi connectivity index (χ0v) is 12.7. The molecule has 2 rings (SSSR count). The first kappa shape index (κ1) is 15.7. The van der Waals surface area contributed by atoms with Gasteiger partial charge in [0.05, 0.1) is 24.1 Å². The maximum Gasteiger partial charge on any atom is 0.241 e. The molecule has 0 aliphatic carbocycles. The van der Waals surface area contributed by atoms with E-state index in [0.717, 1.165) is 6.26 Å². The molecule has 3 N–H and O–H groups in total. The third-order valence-corrected chi connectivity index (χ3v) is 3.78. The van der Waals surface area contributed by atoms with Crippen molar-refractivity contribution in [3.63, 3.8) is 0 Å². The van der Waals surface area contributed by atoms with E-state index in [-0.39, 0.29) is 18.1 Å². The Labute approximate surface area is 124 Å². The van der Waals surface area contributed by atoms with Crippen molar-refractivity contribution in [2.45, 2.75) is 18.6 Å². The summed E-state index contributed by atoms with van der Waals surface area (Å²) in [5, 5.41) is 5.84. The fourth-order valence-corrected chi connectivity index (χ4v) is 2.74. The lowest BCUT2D eigenvalue weighted by atomic mass is 10.2. The smallest absolute Gasteiger partial charge is 0.241 e. The van der Waals surface area contributed by atoms with Crippen LogP contribution in [-0.2, 0) is 19.6 Å². The van der Waals surface area contributed by atoms with Gasteiger partial charge in [0.2, 0.25) is 15.9 Å². The van der Waals surface area contributed by atoms with Gasteiger partial charge in [-0.2, -0.15) is 0 Å². The molecule has 8 heteroatoms. The highest BCUT2D eigenvalue weighted by Crippen LogP contribution is 2.17. The Hall–Kier alpha value is -1.64. The Morgan fingerprint density at radius 2 is 2.10 bits per heavy atom. The maximum atomic E-state index is 12.1. The second kappa shape index (κ2) is 6.42. The van der Waals surface area contributed by atoms with Crippen LogP contribution in [0.3, 0.4) is 0 Å². The SMILES string of the molecule is COC1CNC(C(=O)Nc2cccc(NS(C)(=O)=O)c2)C1. The Morgan fingerprint density at radius 3 is 2.71 bits per heavy atom. The second-order valence-corrected chi connectivity index (χ2v) is 6.75. The quantitative estimate of drug-likeness (QED) is 0.730. The monoisotopic (exact) mass is 313 g/mol. The number of ether oxygens (including phenoxy) is 1. The van der Waals surface area contributed by atoms with Crippen LogP contribution in [0.25, 0.3) is 0 Å². The van der Waals surface area contributed by atoms with Crippen LogP contribution in [0.4, 0.5) is 11.4 Å². The van der Waals surface area contributed by atoms with E-state index in [2.05, 4.69) is 15.4 Å². The van der Waals surface area contributed by atoms with Crippen molar-refractivity contribution in [2.24, 2.45) is 0 Å². The lowest BCUT2D eigenvalue weighted by Gasteiger charge is -2.12. The van der Waals surface area contributed by atoms with Gasteiger partial charge < -0.3 is 15.4 Å². The first-order valence-corrected chi connectivity index (χ1v) is 8.41. The summed E-state index contributed by atoms with van der Waals surface area (Å²) in [6.45, 7) is 0.643. The van der Waals surface area contributed by atoms with Gasteiger partial charge in [0.1, 0.15) is 0 Å². The highest BCUT2D eigenvalue weighted by atomic mass is 32.2. The Morgan fingerprint density at radius 1 is 1.38 bits per heavy atom.